The number of carboxylic acid groups (broad SMARTS) is 1. The molecule has 0 radical (unpaired) electrons. The van der Waals surface area contributed by atoms with Crippen molar-refractivity contribution in [3.8, 4) is 0 Å². The Morgan fingerprint density at radius 3 is 2.74 bits per heavy atom. The minimum Gasteiger partial charge on any atom is -0.481 e. The van der Waals surface area contributed by atoms with Gasteiger partial charge in [0.25, 0.3) is 0 Å². The van der Waals surface area contributed by atoms with Crippen LogP contribution in [0.15, 0.2) is 30.5 Å². The molecule has 102 valence electrons. The number of aliphatic carboxylic acids is 1. The standard InChI is InChI=1S/C15H20N2O2/c1-4-11(15(18)19)9-16(2)14-10-17(3)13-8-6-5-7-12(13)14/h5-8,10-11H,4,9H2,1-3H3,(H,18,19). The van der Waals surface area contributed by atoms with Crippen molar-refractivity contribution < 1.29 is 9.90 Å². The molecule has 0 aliphatic heterocycles. The van der Waals surface area contributed by atoms with E-state index in [1.165, 1.54) is 0 Å². The fourth-order valence-corrected chi connectivity index (χ4v) is 2.44. The summed E-state index contributed by atoms with van der Waals surface area (Å²) in [5, 5.41) is 10.3. The van der Waals surface area contributed by atoms with E-state index in [4.69, 9.17) is 5.11 Å². The van der Waals surface area contributed by atoms with Gasteiger partial charge in [0.1, 0.15) is 0 Å². The quantitative estimate of drug-likeness (QED) is 0.899. The van der Waals surface area contributed by atoms with Crippen LogP contribution in [0.5, 0.6) is 0 Å². The van der Waals surface area contributed by atoms with Gasteiger partial charge in [0.15, 0.2) is 0 Å². The van der Waals surface area contributed by atoms with Gasteiger partial charge in [0.2, 0.25) is 0 Å². The minimum atomic E-state index is -0.727. The number of nitrogens with zero attached hydrogens (tertiary/aromatic N) is 2. The summed E-state index contributed by atoms with van der Waals surface area (Å²) < 4.78 is 2.07. The first-order valence-corrected chi connectivity index (χ1v) is 6.52. The van der Waals surface area contributed by atoms with Crippen LogP contribution in [0.3, 0.4) is 0 Å². The highest BCUT2D eigenvalue weighted by atomic mass is 16.4. The lowest BCUT2D eigenvalue weighted by Crippen LogP contribution is -2.29. The third-order valence-electron chi connectivity index (χ3n) is 3.62. The topological polar surface area (TPSA) is 45.5 Å². The second-order valence-electron chi connectivity index (χ2n) is 4.97. The van der Waals surface area contributed by atoms with E-state index >= 15 is 0 Å². The predicted molar refractivity (Wildman–Crippen MR) is 77.6 cm³/mol. The number of hydrogen-bond acceptors (Lipinski definition) is 2. The summed E-state index contributed by atoms with van der Waals surface area (Å²) in [4.78, 5) is 13.2. The smallest absolute Gasteiger partial charge is 0.308 e. The molecule has 4 heteroatoms. The lowest BCUT2D eigenvalue weighted by atomic mass is 10.1. The number of carbonyl (C=O) groups is 1. The van der Waals surface area contributed by atoms with Gasteiger partial charge in [0.05, 0.1) is 11.6 Å². The number of aromatic nitrogens is 1. The van der Waals surface area contributed by atoms with E-state index in [0.29, 0.717) is 13.0 Å². The molecule has 0 spiro atoms. The van der Waals surface area contributed by atoms with Gasteiger partial charge in [-0.3, -0.25) is 4.79 Å². The van der Waals surface area contributed by atoms with Crippen molar-refractivity contribution in [1.29, 1.82) is 0 Å². The average molecular weight is 260 g/mol. The number of fused-ring (bicyclic) bond motifs is 1. The van der Waals surface area contributed by atoms with E-state index in [1.807, 2.05) is 38.1 Å². The van der Waals surface area contributed by atoms with Crippen molar-refractivity contribution in [1.82, 2.24) is 4.57 Å². The Hall–Kier alpha value is -1.97. The Bertz CT molecular complexity index is 589. The molecule has 19 heavy (non-hydrogen) atoms. The van der Waals surface area contributed by atoms with E-state index in [1.54, 1.807) is 0 Å². The van der Waals surface area contributed by atoms with Crippen molar-refractivity contribution >= 4 is 22.6 Å². The molecule has 4 nitrogen and oxygen atoms in total. The summed E-state index contributed by atoms with van der Waals surface area (Å²) in [5.74, 6) is -1.06. The normalized spacial score (nSPS) is 12.6. The molecule has 0 aliphatic carbocycles. The van der Waals surface area contributed by atoms with E-state index < -0.39 is 5.97 Å². The molecule has 1 atom stereocenters. The van der Waals surface area contributed by atoms with Gasteiger partial charge in [-0.2, -0.15) is 0 Å². The number of rotatable bonds is 5. The molecule has 1 unspecified atom stereocenters. The van der Waals surface area contributed by atoms with Crippen LogP contribution in [0, 0.1) is 5.92 Å². The Labute approximate surface area is 113 Å². The fraction of sp³-hybridized carbons (Fsp3) is 0.400. The first-order chi connectivity index (χ1) is 9.04. The molecule has 0 amide bonds. The minimum absolute atomic E-state index is 0.330. The van der Waals surface area contributed by atoms with Crippen molar-refractivity contribution in [2.45, 2.75) is 13.3 Å². The molecular formula is C15H20N2O2. The van der Waals surface area contributed by atoms with E-state index in [9.17, 15) is 4.79 Å². The second kappa shape index (κ2) is 5.34. The lowest BCUT2D eigenvalue weighted by molar-refractivity contribution is -0.141. The van der Waals surface area contributed by atoms with Crippen LogP contribution in [0.4, 0.5) is 5.69 Å². The molecule has 1 aromatic heterocycles. The Morgan fingerprint density at radius 1 is 1.42 bits per heavy atom. The first-order valence-electron chi connectivity index (χ1n) is 6.52. The molecule has 0 saturated heterocycles. The third-order valence-corrected chi connectivity index (χ3v) is 3.62. The molecule has 2 rings (SSSR count). The number of hydrogen-bond donors (Lipinski definition) is 1. The molecule has 0 aliphatic rings. The molecular weight excluding hydrogens is 240 g/mol. The van der Waals surface area contributed by atoms with E-state index in [0.717, 1.165) is 16.6 Å². The van der Waals surface area contributed by atoms with Crippen LogP contribution in [0.25, 0.3) is 10.9 Å². The Balaban J connectivity index is 2.31. The van der Waals surface area contributed by atoms with Crippen LogP contribution in [0.2, 0.25) is 0 Å². The largest absolute Gasteiger partial charge is 0.481 e. The average Bonchev–Trinajstić information content (AvgIpc) is 2.73. The van der Waals surface area contributed by atoms with Crippen LogP contribution < -0.4 is 4.90 Å². The highest BCUT2D eigenvalue weighted by molar-refractivity contribution is 5.93. The molecule has 0 fully saturated rings. The van der Waals surface area contributed by atoms with Gasteiger partial charge in [-0.15, -0.1) is 0 Å². The van der Waals surface area contributed by atoms with Crippen LogP contribution in [-0.2, 0) is 11.8 Å². The Kier molecular flexibility index (Phi) is 3.79. The predicted octanol–water partition coefficient (Wildman–Crippen LogP) is 2.73. The van der Waals surface area contributed by atoms with Crippen molar-refractivity contribution in [2.24, 2.45) is 13.0 Å². The fourth-order valence-electron chi connectivity index (χ4n) is 2.44. The van der Waals surface area contributed by atoms with Crippen molar-refractivity contribution in [2.75, 3.05) is 18.5 Å². The molecule has 0 bridgehead atoms. The molecule has 1 N–H and O–H groups in total. The van der Waals surface area contributed by atoms with Gasteiger partial charge in [-0.25, -0.2) is 0 Å². The van der Waals surface area contributed by atoms with Crippen LogP contribution >= 0.6 is 0 Å². The SMILES string of the molecule is CCC(CN(C)c1cn(C)c2ccccc12)C(=O)O. The summed E-state index contributed by atoms with van der Waals surface area (Å²) in [6.07, 6.45) is 2.70. The number of benzene rings is 1. The number of anilines is 1. The van der Waals surface area contributed by atoms with E-state index in [2.05, 4.69) is 22.9 Å². The summed E-state index contributed by atoms with van der Waals surface area (Å²) in [5.41, 5.74) is 2.24. The number of carboxylic acids is 1. The molecule has 2 aromatic rings. The highest BCUT2D eigenvalue weighted by Gasteiger charge is 2.19. The zero-order valence-corrected chi connectivity index (χ0v) is 11.6. The van der Waals surface area contributed by atoms with Gasteiger partial charge >= 0.3 is 5.97 Å². The zero-order valence-electron chi connectivity index (χ0n) is 11.6. The maximum Gasteiger partial charge on any atom is 0.308 e. The van der Waals surface area contributed by atoms with Gasteiger partial charge in [-0.05, 0) is 12.5 Å². The number of para-hydroxylation sites is 1. The maximum atomic E-state index is 11.1. The molecule has 0 saturated carbocycles. The second-order valence-corrected chi connectivity index (χ2v) is 4.97. The first kappa shape index (κ1) is 13.5. The van der Waals surface area contributed by atoms with Gasteiger partial charge < -0.3 is 14.6 Å². The monoisotopic (exact) mass is 260 g/mol. The Morgan fingerprint density at radius 2 is 2.11 bits per heavy atom. The summed E-state index contributed by atoms with van der Waals surface area (Å²) in [6.45, 7) is 2.44. The summed E-state index contributed by atoms with van der Waals surface area (Å²) in [6, 6.07) is 8.16. The summed E-state index contributed by atoms with van der Waals surface area (Å²) in [7, 11) is 3.96. The van der Waals surface area contributed by atoms with Crippen molar-refractivity contribution in [3.05, 3.63) is 30.5 Å². The lowest BCUT2D eigenvalue weighted by Gasteiger charge is -2.22. The molecule has 1 heterocycles. The van der Waals surface area contributed by atoms with Gasteiger partial charge in [0, 0.05) is 37.7 Å². The number of aryl methyl sites for hydroxylation is 1. The maximum absolute atomic E-state index is 11.1. The summed E-state index contributed by atoms with van der Waals surface area (Å²) >= 11 is 0. The van der Waals surface area contributed by atoms with E-state index in [-0.39, 0.29) is 5.92 Å². The zero-order chi connectivity index (χ0) is 14.0. The van der Waals surface area contributed by atoms with Crippen LogP contribution in [-0.4, -0.2) is 29.2 Å². The highest BCUT2D eigenvalue weighted by Crippen LogP contribution is 2.28. The van der Waals surface area contributed by atoms with Crippen molar-refractivity contribution in [3.63, 3.8) is 0 Å². The third kappa shape index (κ3) is 2.57. The van der Waals surface area contributed by atoms with Gasteiger partial charge in [-0.1, -0.05) is 25.1 Å². The van der Waals surface area contributed by atoms with Crippen LogP contribution in [0.1, 0.15) is 13.3 Å². The molecule has 1 aromatic carbocycles.